The second-order valence-electron chi connectivity index (χ2n) is 5.68. The molecule has 0 bridgehead atoms. The van der Waals surface area contributed by atoms with E-state index in [2.05, 4.69) is 5.32 Å². The van der Waals surface area contributed by atoms with Crippen molar-refractivity contribution in [1.29, 1.82) is 0 Å². The molecule has 0 radical (unpaired) electrons. The second-order valence-corrected chi connectivity index (χ2v) is 5.68. The predicted molar refractivity (Wildman–Crippen MR) is 76.8 cm³/mol. The molecule has 2 atom stereocenters. The zero-order chi connectivity index (χ0) is 15.9. The Morgan fingerprint density at radius 1 is 1.36 bits per heavy atom. The molecule has 2 amide bonds. The first-order valence-corrected chi connectivity index (χ1v) is 7.04. The van der Waals surface area contributed by atoms with E-state index in [0.29, 0.717) is 23.5 Å². The third-order valence-corrected chi connectivity index (χ3v) is 4.08. The Morgan fingerprint density at radius 3 is 2.82 bits per heavy atom. The second kappa shape index (κ2) is 5.32. The number of aliphatic carboxylic acids is 1. The summed E-state index contributed by atoms with van der Waals surface area (Å²) >= 11 is 0. The number of ether oxygens (including phenoxy) is 1. The van der Waals surface area contributed by atoms with Gasteiger partial charge in [0.25, 0.3) is 11.8 Å². The Balaban J connectivity index is 1.79. The molecular weight excluding hydrogens is 288 g/mol. The molecule has 0 aliphatic carbocycles. The maximum absolute atomic E-state index is 12.5. The number of nitrogens with one attached hydrogen (secondary N) is 1. The molecule has 0 saturated carbocycles. The first-order valence-electron chi connectivity index (χ1n) is 7.04. The fourth-order valence-corrected chi connectivity index (χ4v) is 2.84. The van der Waals surface area contributed by atoms with Gasteiger partial charge in [-0.3, -0.25) is 14.4 Å². The largest absolute Gasteiger partial charge is 0.482 e. The van der Waals surface area contributed by atoms with E-state index in [1.54, 1.807) is 23.1 Å². The Morgan fingerprint density at radius 2 is 2.14 bits per heavy atom. The van der Waals surface area contributed by atoms with Crippen molar-refractivity contribution < 1.29 is 24.2 Å². The number of carboxylic acid groups (broad SMARTS) is 1. The van der Waals surface area contributed by atoms with Gasteiger partial charge in [-0.25, -0.2) is 0 Å². The van der Waals surface area contributed by atoms with Crippen LogP contribution in [0.3, 0.4) is 0 Å². The Hall–Kier alpha value is -2.57. The van der Waals surface area contributed by atoms with Gasteiger partial charge in [0.15, 0.2) is 6.61 Å². The van der Waals surface area contributed by atoms with Crippen LogP contribution in [-0.4, -0.2) is 47.5 Å². The molecule has 1 aromatic rings. The van der Waals surface area contributed by atoms with Crippen LogP contribution >= 0.6 is 0 Å². The van der Waals surface area contributed by atoms with Gasteiger partial charge in [0.05, 0.1) is 11.6 Å². The molecule has 7 heteroatoms. The summed E-state index contributed by atoms with van der Waals surface area (Å²) in [4.78, 5) is 36.4. The lowest BCUT2D eigenvalue weighted by atomic mass is 9.99. The van der Waals surface area contributed by atoms with Gasteiger partial charge in [-0.15, -0.1) is 0 Å². The van der Waals surface area contributed by atoms with Crippen LogP contribution in [0.1, 0.15) is 17.3 Å². The molecule has 1 aromatic carbocycles. The summed E-state index contributed by atoms with van der Waals surface area (Å²) in [5.41, 5.74) is 0.958. The van der Waals surface area contributed by atoms with Crippen molar-refractivity contribution in [2.75, 3.05) is 25.0 Å². The van der Waals surface area contributed by atoms with Crippen molar-refractivity contribution in [3.05, 3.63) is 23.8 Å². The van der Waals surface area contributed by atoms with Crippen LogP contribution in [-0.2, 0) is 9.59 Å². The topological polar surface area (TPSA) is 95.9 Å². The molecule has 116 valence electrons. The summed E-state index contributed by atoms with van der Waals surface area (Å²) in [6.07, 6.45) is 0. The summed E-state index contributed by atoms with van der Waals surface area (Å²) in [6.45, 7) is 2.39. The van der Waals surface area contributed by atoms with Gasteiger partial charge in [-0.2, -0.15) is 0 Å². The van der Waals surface area contributed by atoms with Crippen molar-refractivity contribution in [2.24, 2.45) is 11.8 Å². The molecule has 7 nitrogen and oxygen atoms in total. The third-order valence-electron chi connectivity index (χ3n) is 4.08. The number of hydrogen-bond acceptors (Lipinski definition) is 4. The lowest BCUT2D eigenvalue weighted by Crippen LogP contribution is -2.30. The van der Waals surface area contributed by atoms with Gasteiger partial charge in [0, 0.05) is 18.7 Å². The standard InChI is InChI=1S/C15H16N2O5/c1-8-5-17(6-10(8)15(20)21)14(19)9-2-3-11-12(4-9)22-7-13(18)16-11/h2-4,8,10H,5-7H2,1H3,(H,16,18)(H,20,21)/t8-,10-/m1/s1. The molecule has 0 aromatic heterocycles. The van der Waals surface area contributed by atoms with Crippen molar-refractivity contribution in [3.8, 4) is 5.75 Å². The van der Waals surface area contributed by atoms with E-state index >= 15 is 0 Å². The Bertz CT molecular complexity index is 657. The fraction of sp³-hybridized carbons (Fsp3) is 0.400. The number of nitrogens with zero attached hydrogens (tertiary/aromatic N) is 1. The third kappa shape index (κ3) is 2.49. The smallest absolute Gasteiger partial charge is 0.308 e. The minimum Gasteiger partial charge on any atom is -0.482 e. The minimum absolute atomic E-state index is 0.0744. The normalized spacial score (nSPS) is 23.5. The number of carbonyl (C=O) groups excluding carboxylic acids is 2. The van der Waals surface area contributed by atoms with Gasteiger partial charge in [0.1, 0.15) is 5.75 Å². The van der Waals surface area contributed by atoms with Gasteiger partial charge in [0.2, 0.25) is 0 Å². The van der Waals surface area contributed by atoms with Crippen molar-refractivity contribution in [1.82, 2.24) is 4.90 Å². The molecule has 2 aliphatic rings. The number of fused-ring (bicyclic) bond motifs is 1. The molecule has 0 spiro atoms. The van der Waals surface area contributed by atoms with Gasteiger partial charge in [-0.1, -0.05) is 6.92 Å². The van der Waals surface area contributed by atoms with E-state index in [-0.39, 0.29) is 30.9 Å². The molecule has 22 heavy (non-hydrogen) atoms. The summed E-state index contributed by atoms with van der Waals surface area (Å²) in [5, 5.41) is 11.8. The molecule has 2 N–H and O–H groups in total. The summed E-state index contributed by atoms with van der Waals surface area (Å²) < 4.78 is 5.29. The summed E-state index contributed by atoms with van der Waals surface area (Å²) in [7, 11) is 0. The van der Waals surface area contributed by atoms with Crippen LogP contribution in [0.4, 0.5) is 5.69 Å². The zero-order valence-electron chi connectivity index (χ0n) is 12.0. The highest BCUT2D eigenvalue weighted by Gasteiger charge is 2.37. The number of anilines is 1. The Kier molecular flexibility index (Phi) is 3.48. The highest BCUT2D eigenvalue weighted by Crippen LogP contribution is 2.30. The number of carbonyl (C=O) groups is 3. The van der Waals surface area contributed by atoms with E-state index in [9.17, 15) is 14.4 Å². The molecule has 2 heterocycles. The van der Waals surface area contributed by atoms with E-state index in [0.717, 1.165) is 0 Å². The summed E-state index contributed by atoms with van der Waals surface area (Å²) in [5.74, 6) is -1.48. The number of amides is 2. The molecule has 0 unspecified atom stereocenters. The first-order chi connectivity index (χ1) is 10.5. The van der Waals surface area contributed by atoms with Crippen LogP contribution in [0.25, 0.3) is 0 Å². The molecule has 2 aliphatic heterocycles. The molecule has 1 saturated heterocycles. The van der Waals surface area contributed by atoms with Crippen LogP contribution in [0.5, 0.6) is 5.75 Å². The maximum atomic E-state index is 12.5. The van der Waals surface area contributed by atoms with Crippen molar-refractivity contribution >= 4 is 23.5 Å². The highest BCUT2D eigenvalue weighted by atomic mass is 16.5. The van der Waals surface area contributed by atoms with Gasteiger partial charge < -0.3 is 20.1 Å². The van der Waals surface area contributed by atoms with E-state index in [4.69, 9.17) is 9.84 Å². The lowest BCUT2D eigenvalue weighted by Gasteiger charge is -2.20. The summed E-state index contributed by atoms with van der Waals surface area (Å²) in [6, 6.07) is 4.80. The number of benzene rings is 1. The SMILES string of the molecule is C[C@@H]1CN(C(=O)c2ccc3c(c2)OCC(=O)N3)C[C@H]1C(=O)O. The lowest BCUT2D eigenvalue weighted by molar-refractivity contribution is -0.142. The number of likely N-dealkylation sites (tertiary alicyclic amines) is 1. The monoisotopic (exact) mass is 304 g/mol. The van der Waals surface area contributed by atoms with Crippen molar-refractivity contribution in [3.63, 3.8) is 0 Å². The number of carboxylic acids is 1. The van der Waals surface area contributed by atoms with Crippen LogP contribution in [0.2, 0.25) is 0 Å². The fourth-order valence-electron chi connectivity index (χ4n) is 2.84. The molecular formula is C15H16N2O5. The average Bonchev–Trinajstić information content (AvgIpc) is 2.88. The van der Waals surface area contributed by atoms with Crippen molar-refractivity contribution in [2.45, 2.75) is 6.92 Å². The van der Waals surface area contributed by atoms with Gasteiger partial charge in [-0.05, 0) is 24.1 Å². The van der Waals surface area contributed by atoms with Crippen LogP contribution < -0.4 is 10.1 Å². The highest BCUT2D eigenvalue weighted by molar-refractivity contribution is 5.99. The molecule has 1 fully saturated rings. The maximum Gasteiger partial charge on any atom is 0.308 e. The predicted octanol–water partition coefficient (Wildman–Crippen LogP) is 0.810. The zero-order valence-corrected chi connectivity index (χ0v) is 12.0. The van der Waals surface area contributed by atoms with E-state index < -0.39 is 11.9 Å². The minimum atomic E-state index is -0.876. The Labute approximate surface area is 126 Å². The van der Waals surface area contributed by atoms with E-state index in [1.165, 1.54) is 0 Å². The van der Waals surface area contributed by atoms with Gasteiger partial charge >= 0.3 is 5.97 Å². The first kappa shape index (κ1) is 14.4. The van der Waals surface area contributed by atoms with Crippen LogP contribution in [0.15, 0.2) is 18.2 Å². The van der Waals surface area contributed by atoms with E-state index in [1.807, 2.05) is 6.92 Å². The quantitative estimate of drug-likeness (QED) is 0.843. The van der Waals surface area contributed by atoms with Crippen LogP contribution in [0, 0.1) is 11.8 Å². The molecule has 3 rings (SSSR count). The number of rotatable bonds is 2. The average molecular weight is 304 g/mol. The number of hydrogen-bond donors (Lipinski definition) is 2.